The predicted octanol–water partition coefficient (Wildman–Crippen LogP) is 2.28. The lowest BCUT2D eigenvalue weighted by Gasteiger charge is -2.25. The molecule has 0 radical (unpaired) electrons. The standard InChI is InChI=1S/C19H26N4O2.2ClH/c1-15-11-23(8-5-9-25-15)19(24)18(20)10-17-13-22(14-21-17)12-16-6-3-2-4-7-16;;/h2-4,6-7,13-15,18H,5,8-12,20H2,1H3;2*1H/t15?,18-;;/m0../s1. The molecule has 1 amide bonds. The fourth-order valence-electron chi connectivity index (χ4n) is 3.13. The average molecular weight is 415 g/mol. The lowest BCUT2D eigenvalue weighted by molar-refractivity contribution is -0.133. The van der Waals surface area contributed by atoms with Gasteiger partial charge in [-0.1, -0.05) is 30.3 Å². The van der Waals surface area contributed by atoms with Crippen molar-refractivity contribution in [2.24, 2.45) is 5.73 Å². The zero-order valence-electron chi connectivity index (χ0n) is 15.5. The maximum atomic E-state index is 12.6. The molecule has 150 valence electrons. The summed E-state index contributed by atoms with van der Waals surface area (Å²) in [5, 5.41) is 0. The number of carbonyl (C=O) groups excluding carboxylic acids is 1. The summed E-state index contributed by atoms with van der Waals surface area (Å²) in [6.45, 7) is 4.76. The molecule has 1 unspecified atom stereocenters. The summed E-state index contributed by atoms with van der Waals surface area (Å²) in [6.07, 6.45) is 5.13. The van der Waals surface area contributed by atoms with Gasteiger partial charge in [0.2, 0.25) is 5.91 Å². The van der Waals surface area contributed by atoms with Crippen LogP contribution < -0.4 is 5.73 Å². The van der Waals surface area contributed by atoms with Gasteiger partial charge in [-0.15, -0.1) is 24.8 Å². The Morgan fingerprint density at radius 1 is 1.33 bits per heavy atom. The van der Waals surface area contributed by atoms with Crippen LogP contribution in [0.25, 0.3) is 0 Å². The maximum Gasteiger partial charge on any atom is 0.239 e. The van der Waals surface area contributed by atoms with Crippen molar-refractivity contribution in [2.45, 2.75) is 38.5 Å². The van der Waals surface area contributed by atoms with E-state index in [1.54, 1.807) is 6.33 Å². The summed E-state index contributed by atoms with van der Waals surface area (Å²) in [4.78, 5) is 18.8. The quantitative estimate of drug-likeness (QED) is 0.813. The van der Waals surface area contributed by atoms with Gasteiger partial charge in [0.1, 0.15) is 0 Å². The van der Waals surface area contributed by atoms with E-state index in [4.69, 9.17) is 10.5 Å². The van der Waals surface area contributed by atoms with Crippen molar-refractivity contribution in [1.82, 2.24) is 14.5 Å². The minimum absolute atomic E-state index is 0. The Balaban J connectivity index is 0.00000182. The number of nitrogens with zero attached hydrogens (tertiary/aromatic N) is 3. The molecule has 2 N–H and O–H groups in total. The summed E-state index contributed by atoms with van der Waals surface area (Å²) in [6, 6.07) is 9.64. The van der Waals surface area contributed by atoms with Crippen molar-refractivity contribution in [3.8, 4) is 0 Å². The molecule has 0 spiro atoms. The number of halogens is 2. The minimum Gasteiger partial charge on any atom is -0.377 e. The average Bonchev–Trinajstić information content (AvgIpc) is 2.92. The number of imidazole rings is 1. The van der Waals surface area contributed by atoms with E-state index in [9.17, 15) is 4.79 Å². The Morgan fingerprint density at radius 2 is 2.07 bits per heavy atom. The fraction of sp³-hybridized carbons (Fsp3) is 0.474. The second-order valence-electron chi connectivity index (χ2n) is 6.65. The van der Waals surface area contributed by atoms with Gasteiger partial charge in [0, 0.05) is 38.9 Å². The van der Waals surface area contributed by atoms with E-state index in [2.05, 4.69) is 17.1 Å². The van der Waals surface area contributed by atoms with Gasteiger partial charge in [0.05, 0.1) is 24.2 Å². The van der Waals surface area contributed by atoms with E-state index < -0.39 is 6.04 Å². The first-order chi connectivity index (χ1) is 12.1. The molecule has 2 heterocycles. The van der Waals surface area contributed by atoms with Gasteiger partial charge in [0.25, 0.3) is 0 Å². The maximum absolute atomic E-state index is 12.6. The van der Waals surface area contributed by atoms with Crippen LogP contribution >= 0.6 is 24.8 Å². The molecule has 2 atom stereocenters. The van der Waals surface area contributed by atoms with Crippen molar-refractivity contribution in [2.75, 3.05) is 19.7 Å². The van der Waals surface area contributed by atoms with Crippen LogP contribution in [0.2, 0.25) is 0 Å². The largest absolute Gasteiger partial charge is 0.377 e. The van der Waals surface area contributed by atoms with Crippen LogP contribution in [0, 0.1) is 0 Å². The van der Waals surface area contributed by atoms with Gasteiger partial charge in [0.15, 0.2) is 0 Å². The summed E-state index contributed by atoms with van der Waals surface area (Å²) in [5.41, 5.74) is 8.21. The lowest BCUT2D eigenvalue weighted by atomic mass is 10.1. The van der Waals surface area contributed by atoms with Gasteiger partial charge in [-0.3, -0.25) is 4.79 Å². The molecule has 1 aliphatic heterocycles. The Labute approximate surface area is 172 Å². The fourth-order valence-corrected chi connectivity index (χ4v) is 3.13. The third kappa shape index (κ3) is 6.81. The number of ether oxygens (including phenoxy) is 1. The molecular weight excluding hydrogens is 387 g/mol. The molecule has 0 bridgehead atoms. The molecule has 27 heavy (non-hydrogen) atoms. The molecule has 2 aromatic rings. The number of amides is 1. The zero-order valence-corrected chi connectivity index (χ0v) is 17.1. The number of hydrogen-bond donors (Lipinski definition) is 1. The van der Waals surface area contributed by atoms with Crippen molar-refractivity contribution in [3.63, 3.8) is 0 Å². The number of rotatable bonds is 5. The zero-order chi connectivity index (χ0) is 17.6. The molecular formula is C19H28Cl2N4O2. The van der Waals surface area contributed by atoms with Crippen LogP contribution in [-0.2, 0) is 22.5 Å². The van der Waals surface area contributed by atoms with Crippen LogP contribution in [0.1, 0.15) is 24.6 Å². The van der Waals surface area contributed by atoms with E-state index >= 15 is 0 Å². The van der Waals surface area contributed by atoms with Crippen molar-refractivity contribution < 1.29 is 9.53 Å². The molecule has 1 aromatic heterocycles. The normalized spacial score (nSPS) is 18.0. The summed E-state index contributed by atoms with van der Waals surface area (Å²) in [5.74, 6) is -0.0186. The Morgan fingerprint density at radius 3 is 2.81 bits per heavy atom. The topological polar surface area (TPSA) is 73.4 Å². The first kappa shape index (κ1) is 23.4. The molecule has 0 saturated carbocycles. The first-order valence-corrected chi connectivity index (χ1v) is 8.82. The highest BCUT2D eigenvalue weighted by Crippen LogP contribution is 2.10. The van der Waals surface area contributed by atoms with Gasteiger partial charge in [-0.05, 0) is 18.9 Å². The molecule has 1 saturated heterocycles. The Kier molecular flexibility index (Phi) is 9.80. The van der Waals surface area contributed by atoms with Crippen LogP contribution in [0.3, 0.4) is 0 Å². The van der Waals surface area contributed by atoms with Gasteiger partial charge >= 0.3 is 0 Å². The number of hydrogen-bond acceptors (Lipinski definition) is 4. The first-order valence-electron chi connectivity index (χ1n) is 8.82. The second kappa shape index (κ2) is 11.3. The highest BCUT2D eigenvalue weighted by molar-refractivity contribution is 5.85. The molecule has 0 aliphatic carbocycles. The van der Waals surface area contributed by atoms with Crippen molar-refractivity contribution in [3.05, 3.63) is 54.1 Å². The van der Waals surface area contributed by atoms with Gasteiger partial charge in [-0.2, -0.15) is 0 Å². The minimum atomic E-state index is -0.564. The summed E-state index contributed by atoms with van der Waals surface area (Å²) in [7, 11) is 0. The van der Waals surface area contributed by atoms with E-state index in [-0.39, 0.29) is 36.8 Å². The SMILES string of the molecule is CC1CN(C(=O)[C@@H](N)Cc2cn(Cc3ccccc3)cn2)CCCO1.Cl.Cl. The molecule has 1 aliphatic rings. The van der Waals surface area contributed by atoms with E-state index in [0.717, 1.165) is 18.7 Å². The van der Waals surface area contributed by atoms with E-state index in [1.165, 1.54) is 5.56 Å². The third-order valence-electron chi connectivity index (χ3n) is 4.40. The molecule has 1 fully saturated rings. The Hall–Kier alpha value is -1.60. The van der Waals surface area contributed by atoms with Crippen LogP contribution in [0.5, 0.6) is 0 Å². The molecule has 3 rings (SSSR count). The second-order valence-corrected chi connectivity index (χ2v) is 6.65. The lowest BCUT2D eigenvalue weighted by Crippen LogP contribution is -2.47. The number of benzene rings is 1. The Bertz CT molecular complexity index is 696. The van der Waals surface area contributed by atoms with E-state index in [0.29, 0.717) is 26.1 Å². The highest BCUT2D eigenvalue weighted by atomic mass is 35.5. The van der Waals surface area contributed by atoms with Crippen LogP contribution in [-0.4, -0.2) is 52.2 Å². The van der Waals surface area contributed by atoms with Crippen molar-refractivity contribution >= 4 is 30.7 Å². The van der Waals surface area contributed by atoms with Crippen molar-refractivity contribution in [1.29, 1.82) is 0 Å². The van der Waals surface area contributed by atoms with Gasteiger partial charge in [-0.25, -0.2) is 4.98 Å². The van der Waals surface area contributed by atoms with E-state index in [1.807, 2.05) is 40.8 Å². The molecule has 8 heteroatoms. The smallest absolute Gasteiger partial charge is 0.239 e. The number of nitrogens with two attached hydrogens (primary N) is 1. The molecule has 6 nitrogen and oxygen atoms in total. The van der Waals surface area contributed by atoms with Gasteiger partial charge < -0.3 is 19.9 Å². The predicted molar refractivity (Wildman–Crippen MR) is 111 cm³/mol. The number of aromatic nitrogens is 2. The van der Waals surface area contributed by atoms with Crippen LogP contribution in [0.15, 0.2) is 42.9 Å². The number of carbonyl (C=O) groups is 1. The monoisotopic (exact) mass is 414 g/mol. The third-order valence-corrected chi connectivity index (χ3v) is 4.40. The van der Waals surface area contributed by atoms with Crippen LogP contribution in [0.4, 0.5) is 0 Å². The summed E-state index contributed by atoms with van der Waals surface area (Å²) < 4.78 is 7.61. The highest BCUT2D eigenvalue weighted by Gasteiger charge is 2.25. The molecule has 1 aromatic carbocycles. The summed E-state index contributed by atoms with van der Waals surface area (Å²) >= 11 is 0.